The van der Waals surface area contributed by atoms with Crippen LogP contribution >= 0.6 is 0 Å². The molecule has 0 bridgehead atoms. The van der Waals surface area contributed by atoms with Crippen molar-refractivity contribution in [3.63, 3.8) is 0 Å². The van der Waals surface area contributed by atoms with E-state index in [0.717, 1.165) is 0 Å². The van der Waals surface area contributed by atoms with Gasteiger partial charge in [0.05, 0.1) is 25.2 Å². The number of aliphatic carboxylic acids is 2. The minimum Gasteiger partial charge on any atom is -0.508 e. The number of carboxylic acids is 2. The smallest absolute Gasteiger partial charge is 0.304 e. The molecule has 15 N–H and O–H groups in total. The van der Waals surface area contributed by atoms with Gasteiger partial charge < -0.3 is 69.0 Å². The van der Waals surface area contributed by atoms with Gasteiger partial charge in [-0.3, -0.25) is 57.5 Å². The third-order valence-corrected chi connectivity index (χ3v) is 11.3. The summed E-state index contributed by atoms with van der Waals surface area (Å²) in [7, 11) is 0. The lowest BCUT2D eigenvalue weighted by Gasteiger charge is -2.25. The molecular formula is C48H63N11O15. The number of rotatable bonds is 32. The van der Waals surface area contributed by atoms with E-state index in [-0.39, 0.29) is 44.3 Å². The topological polar surface area (TPSA) is 430 Å². The van der Waals surface area contributed by atoms with Gasteiger partial charge in [0.25, 0.3) is 0 Å². The van der Waals surface area contributed by atoms with Gasteiger partial charge in [-0.25, -0.2) is 4.98 Å². The first-order chi connectivity index (χ1) is 34.9. The summed E-state index contributed by atoms with van der Waals surface area (Å²) in [6, 6.07) is 5.83. The van der Waals surface area contributed by atoms with Crippen LogP contribution in [0.5, 0.6) is 5.75 Å². The molecule has 0 saturated heterocycles. The Morgan fingerprint density at radius 1 is 0.568 bits per heavy atom. The third kappa shape index (κ3) is 21.3. The average Bonchev–Trinajstić information content (AvgIpc) is 3.86. The lowest BCUT2D eigenvalue weighted by Crippen LogP contribution is -2.57. The zero-order valence-electron chi connectivity index (χ0n) is 40.9. The highest BCUT2D eigenvalue weighted by Gasteiger charge is 2.33. The normalized spacial score (nSPS) is 14.1. The van der Waals surface area contributed by atoms with Crippen LogP contribution in [0.25, 0.3) is 0 Å². The number of phenolic OH excluding ortho intramolecular Hbond substituents is 1. The molecule has 74 heavy (non-hydrogen) atoms. The fourth-order valence-electron chi connectivity index (χ4n) is 7.13. The van der Waals surface area contributed by atoms with Gasteiger partial charge in [-0.05, 0) is 49.9 Å². The number of carboxylic acid groups (broad SMARTS) is 2. The van der Waals surface area contributed by atoms with E-state index < -0.39 is 145 Å². The molecule has 26 heteroatoms. The molecule has 1 heterocycles. The van der Waals surface area contributed by atoms with Crippen LogP contribution in [0.4, 0.5) is 0 Å². The molecule has 0 aliphatic rings. The molecule has 400 valence electrons. The van der Waals surface area contributed by atoms with Crippen molar-refractivity contribution < 1.29 is 72.9 Å². The number of aromatic hydroxyl groups is 1. The van der Waals surface area contributed by atoms with E-state index in [4.69, 9.17) is 21.7 Å². The van der Waals surface area contributed by atoms with Crippen LogP contribution in [0, 0.1) is 11.8 Å². The second-order valence-electron chi connectivity index (χ2n) is 17.5. The van der Waals surface area contributed by atoms with E-state index >= 15 is 0 Å². The van der Waals surface area contributed by atoms with E-state index in [9.17, 15) is 62.6 Å². The SMILES string of the molecule is C[C@H](NC(=O)[C@@H](CC(=O)CNC(=O)[C@H](Cc1ccc(O)cc1)NC(=O)[C@H](CCC(N)=O)NC(=O)[C@@H](C)CC(=O)O)Cc1cnc[nH]1)C(=O)N[C@@H](C)C(=O)N[C@@H](Cc1ccccc1)C(=O)N[C@@H](CCC(=O)O)C(N)=O. The largest absolute Gasteiger partial charge is 0.508 e. The molecule has 0 aliphatic heterocycles. The maximum absolute atomic E-state index is 13.8. The van der Waals surface area contributed by atoms with Gasteiger partial charge in [-0.1, -0.05) is 49.4 Å². The Morgan fingerprint density at radius 3 is 1.66 bits per heavy atom. The second kappa shape index (κ2) is 29.6. The fraction of sp³-hybridized carbons (Fsp3) is 0.438. The van der Waals surface area contributed by atoms with Crippen molar-refractivity contribution in [1.82, 2.24) is 47.2 Å². The summed E-state index contributed by atoms with van der Waals surface area (Å²) in [6.45, 7) is 3.26. The number of hydrogen-bond acceptors (Lipinski definition) is 14. The second-order valence-corrected chi connectivity index (χ2v) is 17.5. The molecule has 0 fully saturated rings. The van der Waals surface area contributed by atoms with Crippen molar-refractivity contribution >= 4 is 70.9 Å². The van der Waals surface area contributed by atoms with Crippen molar-refractivity contribution in [3.05, 3.63) is 83.9 Å². The van der Waals surface area contributed by atoms with Gasteiger partial charge >= 0.3 is 11.9 Å². The lowest BCUT2D eigenvalue weighted by molar-refractivity contribution is -0.141. The predicted octanol–water partition coefficient (Wildman–Crippen LogP) is -2.49. The summed E-state index contributed by atoms with van der Waals surface area (Å²) in [5.41, 5.74) is 12.1. The summed E-state index contributed by atoms with van der Waals surface area (Å²) < 4.78 is 0. The number of Topliss-reactive ketones (excluding diaryl/α,β-unsaturated/α-hetero) is 1. The number of amides is 9. The number of benzene rings is 2. The van der Waals surface area contributed by atoms with Crippen LogP contribution < -0.4 is 48.7 Å². The summed E-state index contributed by atoms with van der Waals surface area (Å²) in [5, 5.41) is 45.2. The van der Waals surface area contributed by atoms with Crippen LogP contribution in [0.3, 0.4) is 0 Å². The summed E-state index contributed by atoms with van der Waals surface area (Å²) in [6.07, 6.45) is -0.200. The van der Waals surface area contributed by atoms with E-state index in [1.54, 1.807) is 30.3 Å². The molecule has 0 spiro atoms. The average molecular weight is 1030 g/mol. The number of H-pyrrole nitrogens is 1. The highest BCUT2D eigenvalue weighted by Crippen LogP contribution is 2.15. The zero-order valence-corrected chi connectivity index (χ0v) is 40.9. The molecule has 26 nitrogen and oxygen atoms in total. The third-order valence-electron chi connectivity index (χ3n) is 11.3. The summed E-state index contributed by atoms with van der Waals surface area (Å²) in [4.78, 5) is 160. The van der Waals surface area contributed by atoms with Crippen LogP contribution in [-0.2, 0) is 76.8 Å². The Morgan fingerprint density at radius 2 is 1.09 bits per heavy atom. The molecule has 0 aliphatic carbocycles. The number of nitrogens with one attached hydrogen (secondary N) is 8. The van der Waals surface area contributed by atoms with Crippen LogP contribution in [-0.4, -0.2) is 139 Å². The van der Waals surface area contributed by atoms with Crippen LogP contribution in [0.2, 0.25) is 0 Å². The molecule has 3 aromatic rings. The highest BCUT2D eigenvalue weighted by molar-refractivity contribution is 5.97. The van der Waals surface area contributed by atoms with E-state index in [0.29, 0.717) is 16.8 Å². The number of carbonyl (C=O) groups is 12. The maximum atomic E-state index is 13.8. The van der Waals surface area contributed by atoms with Gasteiger partial charge in [0.15, 0.2) is 5.78 Å². The molecule has 3 rings (SSSR count). The predicted molar refractivity (Wildman–Crippen MR) is 259 cm³/mol. The van der Waals surface area contributed by atoms with Gasteiger partial charge in [0.2, 0.25) is 53.2 Å². The molecule has 0 saturated carbocycles. The lowest BCUT2D eigenvalue weighted by atomic mass is 9.95. The maximum Gasteiger partial charge on any atom is 0.304 e. The first-order valence-corrected chi connectivity index (χ1v) is 23.3. The van der Waals surface area contributed by atoms with Crippen LogP contribution in [0.1, 0.15) is 76.1 Å². The van der Waals surface area contributed by atoms with E-state index in [1.807, 2.05) is 0 Å². The molecule has 2 aromatic carbocycles. The molecule has 0 radical (unpaired) electrons. The number of imidazole rings is 1. The van der Waals surface area contributed by atoms with Gasteiger partial charge in [-0.2, -0.15) is 0 Å². The standard InChI is InChI=1S/C48H63N11O15/c1-25(17-40(65)66)42(68)57-35(13-15-38(49)62)47(73)59-36(19-29-9-11-32(60)12-10-29)46(72)52-23-33(61)21-30(20-31-22-51-24-53-31)45(71)55-26(2)43(69)54-27(3)44(70)58-37(18-28-7-5-4-6-8-28)48(74)56-34(41(50)67)14-16-39(63)64/h4-12,22,24-27,30,34-37,60H,13-21,23H2,1-3H3,(H2,49,62)(H2,50,67)(H,51,53)(H,52,72)(H,54,69)(H,55,71)(H,56,74)(H,57,68)(H,58,70)(H,59,73)(H,63,64)(H,65,66)/t25-,26-,27-,30+,34-,35-,36-,37-/m0/s1. The number of primary amides is 2. The van der Waals surface area contributed by atoms with E-state index in [2.05, 4.69) is 47.2 Å². The van der Waals surface area contributed by atoms with Gasteiger partial charge in [0, 0.05) is 56.3 Å². The number of aromatic nitrogens is 2. The Labute approximate surface area is 424 Å². The number of aromatic amines is 1. The molecule has 9 amide bonds. The van der Waals surface area contributed by atoms with Crippen molar-refractivity contribution in [2.75, 3.05) is 6.54 Å². The van der Waals surface area contributed by atoms with Crippen molar-refractivity contribution in [2.24, 2.45) is 23.3 Å². The summed E-state index contributed by atoms with van der Waals surface area (Å²) >= 11 is 0. The number of ketones is 1. The highest BCUT2D eigenvalue weighted by atomic mass is 16.4. The van der Waals surface area contributed by atoms with Gasteiger partial charge in [0.1, 0.15) is 42.0 Å². The molecule has 1 aromatic heterocycles. The Kier molecular flexibility index (Phi) is 23.8. The minimum absolute atomic E-state index is 0.0771. The Hall–Kier alpha value is -8.71. The first-order valence-electron chi connectivity index (χ1n) is 23.3. The molecule has 0 unspecified atom stereocenters. The van der Waals surface area contributed by atoms with E-state index in [1.165, 1.54) is 57.6 Å². The number of nitrogens with zero attached hydrogens (tertiary/aromatic N) is 1. The fourth-order valence-corrected chi connectivity index (χ4v) is 7.13. The number of carbonyl (C=O) groups excluding carboxylic acids is 10. The summed E-state index contributed by atoms with van der Waals surface area (Å²) in [5.74, 6) is -13.4. The van der Waals surface area contributed by atoms with Crippen LogP contribution in [0.15, 0.2) is 67.1 Å². The quantitative estimate of drug-likeness (QED) is 0.0308. The monoisotopic (exact) mass is 1030 g/mol. The number of nitrogens with two attached hydrogens (primary N) is 2. The van der Waals surface area contributed by atoms with Gasteiger partial charge in [-0.15, -0.1) is 0 Å². The van der Waals surface area contributed by atoms with Crippen molar-refractivity contribution in [2.45, 2.75) is 115 Å². The van der Waals surface area contributed by atoms with Crippen molar-refractivity contribution in [3.8, 4) is 5.75 Å². The number of phenols is 1. The Balaban J connectivity index is 1.72. The Bertz CT molecular complexity index is 2470. The van der Waals surface area contributed by atoms with Crippen molar-refractivity contribution in [1.29, 1.82) is 0 Å². The molecular weight excluding hydrogens is 971 g/mol. The zero-order chi connectivity index (χ0) is 55.1. The molecule has 8 atom stereocenters. The number of hydrogen-bond donors (Lipinski definition) is 13. The minimum atomic E-state index is -1.45. The first kappa shape index (κ1) is 59.6.